The van der Waals surface area contributed by atoms with Gasteiger partial charge in [0.15, 0.2) is 11.5 Å². The van der Waals surface area contributed by atoms with Crippen molar-refractivity contribution in [1.82, 2.24) is 9.97 Å². The number of terminal acetylenes is 1. The Morgan fingerprint density at radius 1 is 0.919 bits per heavy atom. The van der Waals surface area contributed by atoms with E-state index in [0.29, 0.717) is 43.7 Å². The summed E-state index contributed by atoms with van der Waals surface area (Å²) in [6.07, 6.45) is 6.40. The topological polar surface area (TPSA) is 149 Å². The van der Waals surface area contributed by atoms with Gasteiger partial charge in [0.25, 0.3) is 0 Å². The normalized spacial score (nSPS) is 10.1. The first kappa shape index (κ1) is 28.8. The van der Waals surface area contributed by atoms with Gasteiger partial charge in [-0.15, -0.1) is 6.42 Å². The lowest BCUT2D eigenvalue weighted by Crippen LogP contribution is -2.09. The van der Waals surface area contributed by atoms with E-state index < -0.39 is 11.9 Å². The van der Waals surface area contributed by atoms with E-state index in [1.54, 1.807) is 14.2 Å². The van der Waals surface area contributed by atoms with Crippen molar-refractivity contribution < 1.29 is 38.7 Å². The largest absolute Gasteiger partial charge is 0.487 e. The van der Waals surface area contributed by atoms with Crippen molar-refractivity contribution in [3.63, 3.8) is 0 Å². The van der Waals surface area contributed by atoms with Gasteiger partial charge in [-0.05, 0) is 24.3 Å². The van der Waals surface area contributed by atoms with Crippen LogP contribution in [0, 0.1) is 12.3 Å². The summed E-state index contributed by atoms with van der Waals surface area (Å²) in [5.41, 5.74) is 2.34. The molecule has 0 saturated heterocycles. The van der Waals surface area contributed by atoms with Gasteiger partial charge in [0, 0.05) is 36.9 Å². The molecular weight excluding hydrogens is 482 g/mol. The van der Waals surface area contributed by atoms with Crippen molar-refractivity contribution in [3.8, 4) is 23.8 Å². The second kappa shape index (κ2) is 15.6. The first-order valence-corrected chi connectivity index (χ1v) is 11.2. The second-order valence-corrected chi connectivity index (χ2v) is 7.36. The maximum Gasteiger partial charge on any atom is 0.303 e. The average Bonchev–Trinajstić information content (AvgIpc) is 2.88. The molecule has 0 amide bonds. The van der Waals surface area contributed by atoms with Gasteiger partial charge in [-0.3, -0.25) is 9.59 Å². The van der Waals surface area contributed by atoms with E-state index >= 15 is 0 Å². The first-order chi connectivity index (χ1) is 17.9. The van der Waals surface area contributed by atoms with E-state index in [1.165, 1.54) is 6.33 Å². The Morgan fingerprint density at radius 2 is 1.54 bits per heavy atom. The summed E-state index contributed by atoms with van der Waals surface area (Å²) in [5.74, 6) is 2.29. The van der Waals surface area contributed by atoms with Crippen LogP contribution in [0.15, 0.2) is 42.7 Å². The van der Waals surface area contributed by atoms with E-state index in [9.17, 15) is 9.59 Å². The predicted octanol–water partition coefficient (Wildman–Crippen LogP) is 3.34. The Kier molecular flexibility index (Phi) is 12.1. The molecule has 3 N–H and O–H groups in total. The van der Waals surface area contributed by atoms with Gasteiger partial charge in [0.05, 0.1) is 31.6 Å². The molecule has 0 unspecified atom stereocenters. The summed E-state index contributed by atoms with van der Waals surface area (Å²) < 4.78 is 21.8. The molecule has 1 aromatic heterocycles. The number of methoxy groups -OCH3 is 2. The monoisotopic (exact) mass is 511 g/mol. The van der Waals surface area contributed by atoms with Crippen LogP contribution in [-0.2, 0) is 19.1 Å². The van der Waals surface area contributed by atoms with E-state index in [2.05, 4.69) is 21.2 Å². The van der Waals surface area contributed by atoms with Crippen LogP contribution in [0.1, 0.15) is 18.4 Å². The summed E-state index contributed by atoms with van der Waals surface area (Å²) >= 11 is 0. The summed E-state index contributed by atoms with van der Waals surface area (Å²) in [6.45, 7) is 1.73. The number of hydrogen-bond donors (Lipinski definition) is 3. The predicted molar refractivity (Wildman–Crippen MR) is 136 cm³/mol. The summed E-state index contributed by atoms with van der Waals surface area (Å²) in [5, 5.41) is 19.9. The molecule has 1 heterocycles. The molecule has 0 saturated carbocycles. The molecule has 0 spiro atoms. The molecule has 0 bridgehead atoms. The number of carboxylic acids is 2. The Hall–Kier alpha value is -4.40. The zero-order valence-corrected chi connectivity index (χ0v) is 20.6. The number of benzene rings is 2. The summed E-state index contributed by atoms with van der Waals surface area (Å²) in [7, 11) is 3.25. The number of anilines is 2. The van der Waals surface area contributed by atoms with Crippen LogP contribution in [0.5, 0.6) is 11.5 Å². The number of rotatable bonds is 13. The third kappa shape index (κ3) is 10.0. The molecule has 0 aliphatic carbocycles. The van der Waals surface area contributed by atoms with Crippen LogP contribution in [0.4, 0.5) is 11.5 Å². The fraction of sp³-hybridized carbons (Fsp3) is 0.308. The van der Waals surface area contributed by atoms with Crippen LogP contribution < -0.4 is 14.8 Å². The molecule has 3 rings (SSSR count). The number of ether oxygens (including phenoxy) is 4. The molecule has 11 heteroatoms. The maximum absolute atomic E-state index is 9.64. The number of aromatic nitrogens is 2. The fourth-order valence-corrected chi connectivity index (χ4v) is 2.90. The van der Waals surface area contributed by atoms with Crippen LogP contribution >= 0.6 is 0 Å². The minimum absolute atomic E-state index is 0.296. The van der Waals surface area contributed by atoms with E-state index in [4.69, 9.17) is 35.6 Å². The molecule has 2 aromatic carbocycles. The molecule has 0 aliphatic rings. The molecule has 0 fully saturated rings. The van der Waals surface area contributed by atoms with E-state index in [-0.39, 0.29) is 12.8 Å². The zero-order valence-electron chi connectivity index (χ0n) is 20.6. The highest BCUT2D eigenvalue weighted by atomic mass is 16.5. The molecule has 0 aliphatic heterocycles. The van der Waals surface area contributed by atoms with Gasteiger partial charge < -0.3 is 34.5 Å². The van der Waals surface area contributed by atoms with Crippen molar-refractivity contribution in [3.05, 3.63) is 48.3 Å². The van der Waals surface area contributed by atoms with Crippen LogP contribution in [-0.4, -0.2) is 72.8 Å². The minimum atomic E-state index is -1.08. The minimum Gasteiger partial charge on any atom is -0.487 e. The number of carboxylic acid groups (broad SMARTS) is 2. The van der Waals surface area contributed by atoms with Gasteiger partial charge >= 0.3 is 11.9 Å². The molecule has 37 heavy (non-hydrogen) atoms. The molecule has 3 aromatic rings. The maximum atomic E-state index is 9.64. The standard InChI is InChI=1S/C22H23N3O4.C4H6O4/c1-4-16-6-5-7-17(12-16)25-22-18-13-20(28-10-8-26-2)21(29-11-9-27-3)14-19(18)23-15-24-22;5-3(6)1-2-4(7)8/h1,5-7,12-15H,8-11H2,2-3H3,(H,23,24,25);1-2H2,(H,5,6)(H,7,8). The third-order valence-electron chi connectivity index (χ3n) is 4.64. The Bertz CT molecular complexity index is 1210. The molecule has 196 valence electrons. The lowest BCUT2D eigenvalue weighted by molar-refractivity contribution is -0.143. The Labute approximate surface area is 214 Å². The number of fused-ring (bicyclic) bond motifs is 1. The van der Waals surface area contributed by atoms with Crippen molar-refractivity contribution in [2.24, 2.45) is 0 Å². The van der Waals surface area contributed by atoms with Crippen molar-refractivity contribution in [2.45, 2.75) is 12.8 Å². The summed E-state index contributed by atoms with van der Waals surface area (Å²) in [6, 6.07) is 11.3. The highest BCUT2D eigenvalue weighted by Gasteiger charge is 2.13. The number of hydrogen-bond acceptors (Lipinski definition) is 9. The Balaban J connectivity index is 0.000000521. The van der Waals surface area contributed by atoms with E-state index in [1.807, 2.05) is 36.4 Å². The van der Waals surface area contributed by atoms with E-state index in [0.717, 1.165) is 22.2 Å². The van der Waals surface area contributed by atoms with Gasteiger partial charge in [-0.25, -0.2) is 9.97 Å². The SMILES string of the molecule is C#Cc1cccc(Nc2ncnc3cc(OCCOC)c(OCCOC)cc23)c1.O=C(O)CCC(=O)O. The van der Waals surface area contributed by atoms with Crippen molar-refractivity contribution >= 4 is 34.3 Å². The Morgan fingerprint density at radius 3 is 2.11 bits per heavy atom. The highest BCUT2D eigenvalue weighted by molar-refractivity contribution is 5.93. The average molecular weight is 512 g/mol. The highest BCUT2D eigenvalue weighted by Crippen LogP contribution is 2.35. The lowest BCUT2D eigenvalue weighted by atomic mass is 10.2. The van der Waals surface area contributed by atoms with Crippen molar-refractivity contribution in [2.75, 3.05) is 46.0 Å². The van der Waals surface area contributed by atoms with Gasteiger partial charge in [-0.1, -0.05) is 12.0 Å². The first-order valence-electron chi connectivity index (χ1n) is 11.2. The molecule has 0 radical (unpaired) electrons. The third-order valence-corrected chi connectivity index (χ3v) is 4.64. The zero-order chi connectivity index (χ0) is 27.0. The van der Waals surface area contributed by atoms with Gasteiger partial charge in [-0.2, -0.15) is 0 Å². The van der Waals surface area contributed by atoms with Gasteiger partial charge in [0.1, 0.15) is 25.4 Å². The lowest BCUT2D eigenvalue weighted by Gasteiger charge is -2.15. The van der Waals surface area contributed by atoms with Crippen LogP contribution in [0.2, 0.25) is 0 Å². The van der Waals surface area contributed by atoms with Gasteiger partial charge in [0.2, 0.25) is 0 Å². The number of carbonyl (C=O) groups is 2. The van der Waals surface area contributed by atoms with Crippen LogP contribution in [0.25, 0.3) is 10.9 Å². The van der Waals surface area contributed by atoms with Crippen LogP contribution in [0.3, 0.4) is 0 Å². The number of nitrogens with zero attached hydrogens (tertiary/aromatic N) is 2. The number of nitrogens with one attached hydrogen (secondary N) is 1. The second-order valence-electron chi connectivity index (χ2n) is 7.36. The quantitative estimate of drug-likeness (QED) is 0.229. The summed E-state index contributed by atoms with van der Waals surface area (Å²) in [4.78, 5) is 28.0. The number of aliphatic carboxylic acids is 2. The smallest absolute Gasteiger partial charge is 0.303 e. The van der Waals surface area contributed by atoms with Crippen molar-refractivity contribution in [1.29, 1.82) is 0 Å². The molecular formula is C26H29N3O8. The molecule has 0 atom stereocenters. The fourth-order valence-electron chi connectivity index (χ4n) is 2.90. The molecule has 11 nitrogen and oxygen atoms in total.